The predicted molar refractivity (Wildman–Crippen MR) is 88.2 cm³/mol. The lowest BCUT2D eigenvalue weighted by atomic mass is 9.93. The van der Waals surface area contributed by atoms with E-state index in [4.69, 9.17) is 15.9 Å². The second kappa shape index (κ2) is 8.33. The summed E-state index contributed by atoms with van der Waals surface area (Å²) in [4.78, 5) is 12.1. The largest absolute Gasteiger partial charge is 0.497 e. The topological polar surface area (TPSA) is 47.6 Å². The summed E-state index contributed by atoms with van der Waals surface area (Å²) >= 11 is 0. The molecule has 22 heavy (non-hydrogen) atoms. The minimum atomic E-state index is -0.539. The number of terminal acetylenes is 1. The summed E-state index contributed by atoms with van der Waals surface area (Å²) < 4.78 is 10.5. The van der Waals surface area contributed by atoms with Crippen molar-refractivity contribution in [3.63, 3.8) is 0 Å². The molecule has 0 fully saturated rings. The number of aryl methyl sites for hydroxylation is 1. The average molecular weight is 303 g/mol. The average Bonchev–Trinajstić information content (AvgIpc) is 2.57. The molecule has 4 heteroatoms. The Balaban J connectivity index is 2.70. The van der Waals surface area contributed by atoms with Crippen LogP contribution in [0.3, 0.4) is 0 Å². The molecule has 0 saturated heterocycles. The maximum atomic E-state index is 12.1. The van der Waals surface area contributed by atoms with Crippen molar-refractivity contribution in [3.8, 4) is 23.8 Å². The van der Waals surface area contributed by atoms with Crippen molar-refractivity contribution in [2.24, 2.45) is 0 Å². The SMILES string of the molecule is C#CC(CC)(CC)NC(=O)CCc1cc(OC)cc(OC)c1. The first-order chi connectivity index (χ1) is 10.5. The van der Waals surface area contributed by atoms with Gasteiger partial charge in [-0.2, -0.15) is 0 Å². The van der Waals surface area contributed by atoms with Crippen molar-refractivity contribution in [1.29, 1.82) is 0 Å². The third-order valence-electron chi connectivity index (χ3n) is 3.91. The minimum Gasteiger partial charge on any atom is -0.497 e. The van der Waals surface area contributed by atoms with Crippen LogP contribution < -0.4 is 14.8 Å². The van der Waals surface area contributed by atoms with E-state index in [1.807, 2.05) is 26.0 Å². The highest BCUT2D eigenvalue weighted by Gasteiger charge is 2.24. The number of benzene rings is 1. The van der Waals surface area contributed by atoms with Crippen LogP contribution in [0.2, 0.25) is 0 Å². The minimum absolute atomic E-state index is 0.0385. The number of hydrogen-bond acceptors (Lipinski definition) is 3. The zero-order valence-electron chi connectivity index (χ0n) is 13.9. The summed E-state index contributed by atoms with van der Waals surface area (Å²) in [6, 6.07) is 5.62. The number of carbonyl (C=O) groups excluding carboxylic acids is 1. The molecule has 0 radical (unpaired) electrons. The van der Waals surface area contributed by atoms with E-state index in [2.05, 4.69) is 11.2 Å². The monoisotopic (exact) mass is 303 g/mol. The molecule has 1 aromatic rings. The lowest BCUT2D eigenvalue weighted by Crippen LogP contribution is -2.46. The maximum absolute atomic E-state index is 12.1. The third kappa shape index (κ3) is 4.70. The van der Waals surface area contributed by atoms with Gasteiger partial charge in [0, 0.05) is 12.5 Å². The molecule has 0 bridgehead atoms. The fraction of sp³-hybridized carbons (Fsp3) is 0.500. The zero-order chi connectivity index (χ0) is 16.6. The van der Waals surface area contributed by atoms with Crippen LogP contribution >= 0.6 is 0 Å². The fourth-order valence-corrected chi connectivity index (χ4v) is 2.26. The van der Waals surface area contributed by atoms with Gasteiger partial charge in [-0.25, -0.2) is 0 Å². The Kier molecular flexibility index (Phi) is 6.78. The molecule has 120 valence electrons. The van der Waals surface area contributed by atoms with Gasteiger partial charge in [-0.3, -0.25) is 4.79 Å². The Morgan fingerprint density at radius 2 is 1.73 bits per heavy atom. The van der Waals surface area contributed by atoms with Gasteiger partial charge in [-0.15, -0.1) is 6.42 Å². The Morgan fingerprint density at radius 1 is 1.18 bits per heavy atom. The smallest absolute Gasteiger partial charge is 0.221 e. The summed E-state index contributed by atoms with van der Waals surface area (Å²) in [5, 5.41) is 2.97. The highest BCUT2D eigenvalue weighted by Crippen LogP contribution is 2.23. The first-order valence-corrected chi connectivity index (χ1v) is 7.53. The number of methoxy groups -OCH3 is 2. The van der Waals surface area contributed by atoms with Crippen LogP contribution in [0.1, 0.15) is 38.7 Å². The van der Waals surface area contributed by atoms with E-state index in [0.29, 0.717) is 12.8 Å². The number of hydrogen-bond donors (Lipinski definition) is 1. The van der Waals surface area contributed by atoms with Crippen molar-refractivity contribution in [2.45, 2.75) is 45.1 Å². The number of rotatable bonds is 8. The van der Waals surface area contributed by atoms with Crippen molar-refractivity contribution in [3.05, 3.63) is 23.8 Å². The molecule has 0 aromatic heterocycles. The van der Waals surface area contributed by atoms with Gasteiger partial charge >= 0.3 is 0 Å². The molecule has 0 aliphatic heterocycles. The van der Waals surface area contributed by atoms with E-state index >= 15 is 0 Å². The predicted octanol–water partition coefficient (Wildman–Crippen LogP) is 2.94. The summed E-state index contributed by atoms with van der Waals surface area (Å²) in [5.41, 5.74) is 0.453. The normalized spacial score (nSPS) is 10.7. The fourth-order valence-electron chi connectivity index (χ4n) is 2.26. The number of carbonyl (C=O) groups is 1. The van der Waals surface area contributed by atoms with Crippen molar-refractivity contribution >= 4 is 5.91 Å². The van der Waals surface area contributed by atoms with E-state index in [9.17, 15) is 4.79 Å². The molecule has 1 rings (SSSR count). The quantitative estimate of drug-likeness (QED) is 0.751. The third-order valence-corrected chi connectivity index (χ3v) is 3.91. The molecule has 0 aliphatic carbocycles. The molecule has 0 aliphatic rings. The molecule has 0 spiro atoms. The number of ether oxygens (including phenoxy) is 2. The molecule has 0 unspecified atom stereocenters. The molecular weight excluding hydrogens is 278 g/mol. The van der Waals surface area contributed by atoms with E-state index < -0.39 is 5.54 Å². The van der Waals surface area contributed by atoms with E-state index in [1.165, 1.54) is 0 Å². The molecule has 1 aromatic carbocycles. The highest BCUT2D eigenvalue weighted by atomic mass is 16.5. The van der Waals surface area contributed by atoms with Crippen LogP contribution in [0.15, 0.2) is 18.2 Å². The first-order valence-electron chi connectivity index (χ1n) is 7.53. The van der Waals surface area contributed by atoms with Crippen LogP contribution in [0.5, 0.6) is 11.5 Å². The maximum Gasteiger partial charge on any atom is 0.221 e. The van der Waals surface area contributed by atoms with Crippen LogP contribution in [-0.4, -0.2) is 25.7 Å². The molecule has 0 atom stereocenters. The molecule has 0 saturated carbocycles. The standard InChI is InChI=1S/C18H25NO3/c1-6-18(7-2,8-3)19-17(20)10-9-14-11-15(21-4)13-16(12-14)22-5/h1,11-13H,7-10H2,2-5H3,(H,19,20). The summed E-state index contributed by atoms with van der Waals surface area (Å²) in [6.45, 7) is 3.97. The molecule has 0 heterocycles. The molecular formula is C18H25NO3. The van der Waals surface area contributed by atoms with Gasteiger partial charge in [-0.05, 0) is 37.0 Å². The first kappa shape index (κ1) is 17.9. The summed E-state index contributed by atoms with van der Waals surface area (Å²) in [6.07, 6.45) is 7.98. The van der Waals surface area contributed by atoms with Gasteiger partial charge in [0.25, 0.3) is 0 Å². The van der Waals surface area contributed by atoms with Crippen molar-refractivity contribution < 1.29 is 14.3 Å². The van der Waals surface area contributed by atoms with Crippen molar-refractivity contribution in [2.75, 3.05) is 14.2 Å². The lowest BCUT2D eigenvalue weighted by Gasteiger charge is -2.27. The number of nitrogens with one attached hydrogen (secondary N) is 1. The van der Waals surface area contributed by atoms with Gasteiger partial charge < -0.3 is 14.8 Å². The molecule has 1 amide bonds. The van der Waals surface area contributed by atoms with E-state index in [1.54, 1.807) is 20.3 Å². The van der Waals surface area contributed by atoms with E-state index in [-0.39, 0.29) is 5.91 Å². The highest BCUT2D eigenvalue weighted by molar-refractivity contribution is 5.77. The van der Waals surface area contributed by atoms with Crippen LogP contribution in [-0.2, 0) is 11.2 Å². The van der Waals surface area contributed by atoms with Crippen LogP contribution in [0, 0.1) is 12.3 Å². The molecule has 1 N–H and O–H groups in total. The zero-order valence-corrected chi connectivity index (χ0v) is 13.9. The second-order valence-electron chi connectivity index (χ2n) is 5.20. The summed E-state index contributed by atoms with van der Waals surface area (Å²) in [7, 11) is 3.21. The second-order valence-corrected chi connectivity index (χ2v) is 5.20. The lowest BCUT2D eigenvalue weighted by molar-refractivity contribution is -0.122. The van der Waals surface area contributed by atoms with Gasteiger partial charge in [0.2, 0.25) is 5.91 Å². The Hall–Kier alpha value is -2.15. The molecule has 4 nitrogen and oxygen atoms in total. The van der Waals surface area contributed by atoms with Gasteiger partial charge in [0.1, 0.15) is 17.0 Å². The number of amides is 1. The van der Waals surface area contributed by atoms with Crippen molar-refractivity contribution in [1.82, 2.24) is 5.32 Å². The van der Waals surface area contributed by atoms with Crippen LogP contribution in [0.25, 0.3) is 0 Å². The Labute approximate surface area is 133 Å². The summed E-state index contributed by atoms with van der Waals surface area (Å²) in [5.74, 6) is 4.10. The Bertz CT molecular complexity index is 520. The van der Waals surface area contributed by atoms with Gasteiger partial charge in [0.05, 0.1) is 14.2 Å². The van der Waals surface area contributed by atoms with Gasteiger partial charge in [-0.1, -0.05) is 19.8 Å². The van der Waals surface area contributed by atoms with Crippen LogP contribution in [0.4, 0.5) is 0 Å². The Morgan fingerprint density at radius 3 is 2.14 bits per heavy atom. The van der Waals surface area contributed by atoms with E-state index in [0.717, 1.165) is 29.9 Å². The van der Waals surface area contributed by atoms with Gasteiger partial charge in [0.15, 0.2) is 0 Å².